The van der Waals surface area contributed by atoms with Crippen LogP contribution in [0.15, 0.2) is 61.2 Å². The molecule has 5 heteroatoms. The quantitative estimate of drug-likeness (QED) is 0.628. The molecule has 5 nitrogen and oxygen atoms in total. The van der Waals surface area contributed by atoms with E-state index in [1.165, 1.54) is 0 Å². The maximum absolute atomic E-state index is 12.4. The number of nitrogens with one attached hydrogen (secondary N) is 2. The molecule has 2 rings (SSSR count). The summed E-state index contributed by atoms with van der Waals surface area (Å²) in [5.41, 5.74) is 3.10. The van der Waals surface area contributed by atoms with Crippen molar-refractivity contribution in [2.75, 3.05) is 10.6 Å². The minimum Gasteiger partial charge on any atom is -0.325 e. The van der Waals surface area contributed by atoms with E-state index < -0.39 is 23.5 Å². The van der Waals surface area contributed by atoms with E-state index in [0.29, 0.717) is 11.4 Å². The molecule has 0 atom stereocenters. The third kappa shape index (κ3) is 4.88. The lowest BCUT2D eigenvalue weighted by Gasteiger charge is -2.15. The molecule has 0 aliphatic heterocycles. The van der Waals surface area contributed by atoms with Crippen LogP contribution in [0.25, 0.3) is 0 Å². The normalized spacial score (nSPS) is 10.2. The summed E-state index contributed by atoms with van der Waals surface area (Å²) >= 11 is 0. The molecular weight excluding hydrogens is 316 g/mol. The second-order valence-corrected chi connectivity index (χ2v) is 5.75. The Hall–Kier alpha value is -3.21. The zero-order chi connectivity index (χ0) is 18.4. The summed E-state index contributed by atoms with van der Waals surface area (Å²) in [6.07, 6.45) is 0.980. The first-order chi connectivity index (χ1) is 11.9. The van der Waals surface area contributed by atoms with Gasteiger partial charge in [-0.25, -0.2) is 0 Å². The highest BCUT2D eigenvalue weighted by Crippen LogP contribution is 2.14. The lowest BCUT2D eigenvalue weighted by atomic mass is 10.0. The van der Waals surface area contributed by atoms with Gasteiger partial charge in [-0.2, -0.15) is 0 Å². The third-order valence-electron chi connectivity index (χ3n) is 3.65. The van der Waals surface area contributed by atoms with Gasteiger partial charge in [-0.15, -0.1) is 0 Å². The van der Waals surface area contributed by atoms with Crippen LogP contribution in [0.2, 0.25) is 0 Å². The lowest BCUT2D eigenvalue weighted by Crippen LogP contribution is -2.38. The molecule has 2 aromatic rings. The number of hydrogen-bond acceptors (Lipinski definition) is 3. The van der Waals surface area contributed by atoms with E-state index in [2.05, 4.69) is 17.2 Å². The van der Waals surface area contributed by atoms with Gasteiger partial charge < -0.3 is 10.6 Å². The number of hydrogen-bond donors (Lipinski definition) is 2. The van der Waals surface area contributed by atoms with E-state index in [1.807, 2.05) is 38.1 Å². The van der Waals surface area contributed by atoms with E-state index in [4.69, 9.17) is 0 Å². The number of carbonyl (C=O) groups is 3. The summed E-state index contributed by atoms with van der Waals surface area (Å²) in [7, 11) is 0. The fraction of sp³-hybridized carbons (Fsp3) is 0.150. The Kier molecular flexibility index (Phi) is 5.84. The highest BCUT2D eigenvalue weighted by atomic mass is 16.2. The van der Waals surface area contributed by atoms with Gasteiger partial charge >= 0.3 is 0 Å². The van der Waals surface area contributed by atoms with Crippen molar-refractivity contribution in [2.24, 2.45) is 5.92 Å². The van der Waals surface area contributed by atoms with Gasteiger partial charge in [0.1, 0.15) is 0 Å². The first-order valence-corrected chi connectivity index (χ1v) is 7.82. The van der Waals surface area contributed by atoms with Crippen molar-refractivity contribution in [1.82, 2.24) is 0 Å². The molecule has 0 aromatic heterocycles. The van der Waals surface area contributed by atoms with Gasteiger partial charge in [0.15, 0.2) is 11.7 Å². The standard InChI is InChI=1S/C20H20N2O3/c1-4-17(23)18(19(24)21-15-9-5-13(2)6-10-15)20(25)22-16-11-7-14(3)8-12-16/h4-12,18H,1H2,2-3H3,(H,21,24)(H,22,25). The Labute approximate surface area is 146 Å². The molecule has 0 unspecified atom stereocenters. The predicted molar refractivity (Wildman–Crippen MR) is 98.3 cm³/mol. The summed E-state index contributed by atoms with van der Waals surface area (Å²) in [5.74, 6) is -3.55. The maximum atomic E-state index is 12.4. The molecule has 0 bridgehead atoms. The van der Waals surface area contributed by atoms with Crippen LogP contribution in [-0.4, -0.2) is 17.6 Å². The van der Waals surface area contributed by atoms with Crippen LogP contribution in [-0.2, 0) is 14.4 Å². The van der Waals surface area contributed by atoms with Crippen LogP contribution >= 0.6 is 0 Å². The first kappa shape index (κ1) is 18.1. The number of rotatable bonds is 6. The SMILES string of the molecule is C=CC(=O)C(C(=O)Nc1ccc(C)cc1)C(=O)Nc1ccc(C)cc1. The van der Waals surface area contributed by atoms with E-state index in [-0.39, 0.29) is 0 Å². The van der Waals surface area contributed by atoms with Crippen molar-refractivity contribution < 1.29 is 14.4 Å². The Balaban J connectivity index is 2.16. The largest absolute Gasteiger partial charge is 0.325 e. The zero-order valence-electron chi connectivity index (χ0n) is 14.2. The van der Waals surface area contributed by atoms with Gasteiger partial charge in [0.05, 0.1) is 0 Å². The Morgan fingerprint density at radius 1 is 0.800 bits per heavy atom. The van der Waals surface area contributed by atoms with Gasteiger partial charge in [0.25, 0.3) is 0 Å². The minimum atomic E-state index is -1.50. The average molecular weight is 336 g/mol. The molecule has 0 fully saturated rings. The first-order valence-electron chi connectivity index (χ1n) is 7.82. The number of anilines is 2. The average Bonchev–Trinajstić information content (AvgIpc) is 2.59. The summed E-state index contributed by atoms with van der Waals surface area (Å²) < 4.78 is 0. The van der Waals surface area contributed by atoms with Crippen molar-refractivity contribution >= 4 is 29.0 Å². The smallest absolute Gasteiger partial charge is 0.244 e. The lowest BCUT2D eigenvalue weighted by molar-refractivity contribution is -0.135. The number of allylic oxidation sites excluding steroid dienone is 1. The van der Waals surface area contributed by atoms with E-state index >= 15 is 0 Å². The Bertz CT molecular complexity index is 733. The zero-order valence-corrected chi connectivity index (χ0v) is 14.2. The molecule has 0 aliphatic carbocycles. The van der Waals surface area contributed by atoms with Crippen molar-refractivity contribution in [3.63, 3.8) is 0 Å². The molecular formula is C20H20N2O3. The third-order valence-corrected chi connectivity index (χ3v) is 3.65. The molecule has 0 spiro atoms. The van der Waals surface area contributed by atoms with Crippen molar-refractivity contribution in [2.45, 2.75) is 13.8 Å². The van der Waals surface area contributed by atoms with Crippen molar-refractivity contribution in [1.29, 1.82) is 0 Å². The predicted octanol–water partition coefficient (Wildman–Crippen LogP) is 3.25. The number of amides is 2. The second-order valence-electron chi connectivity index (χ2n) is 5.75. The van der Waals surface area contributed by atoms with Crippen LogP contribution in [0.1, 0.15) is 11.1 Å². The Morgan fingerprint density at radius 3 is 1.48 bits per heavy atom. The molecule has 0 radical (unpaired) electrons. The number of ketones is 1. The molecule has 2 aromatic carbocycles. The van der Waals surface area contributed by atoms with Crippen molar-refractivity contribution in [3.8, 4) is 0 Å². The molecule has 0 aliphatic rings. The van der Waals surface area contributed by atoms with Crippen LogP contribution in [0, 0.1) is 19.8 Å². The van der Waals surface area contributed by atoms with E-state index in [9.17, 15) is 14.4 Å². The van der Waals surface area contributed by atoms with E-state index in [0.717, 1.165) is 17.2 Å². The highest BCUT2D eigenvalue weighted by Gasteiger charge is 2.32. The van der Waals surface area contributed by atoms with Crippen LogP contribution in [0.3, 0.4) is 0 Å². The summed E-state index contributed by atoms with van der Waals surface area (Å²) in [4.78, 5) is 36.9. The molecule has 0 saturated heterocycles. The maximum Gasteiger partial charge on any atom is 0.244 e. The summed E-state index contributed by atoms with van der Waals surface area (Å²) in [6, 6.07) is 14.1. The van der Waals surface area contributed by atoms with Crippen LogP contribution in [0.5, 0.6) is 0 Å². The van der Waals surface area contributed by atoms with Crippen molar-refractivity contribution in [3.05, 3.63) is 72.3 Å². The fourth-order valence-electron chi connectivity index (χ4n) is 2.20. The van der Waals surface area contributed by atoms with Crippen LogP contribution in [0.4, 0.5) is 11.4 Å². The van der Waals surface area contributed by atoms with E-state index in [1.54, 1.807) is 24.3 Å². The molecule has 0 heterocycles. The monoisotopic (exact) mass is 336 g/mol. The number of aryl methyl sites for hydroxylation is 2. The number of benzene rings is 2. The molecule has 128 valence electrons. The molecule has 25 heavy (non-hydrogen) atoms. The van der Waals surface area contributed by atoms with Gasteiger partial charge in [-0.3, -0.25) is 14.4 Å². The Morgan fingerprint density at radius 2 is 1.16 bits per heavy atom. The van der Waals surface area contributed by atoms with Gasteiger partial charge in [0, 0.05) is 11.4 Å². The van der Waals surface area contributed by atoms with Crippen LogP contribution < -0.4 is 10.6 Å². The fourth-order valence-corrected chi connectivity index (χ4v) is 2.20. The second kappa shape index (κ2) is 8.06. The van der Waals surface area contributed by atoms with Gasteiger partial charge in [-0.1, -0.05) is 42.0 Å². The molecule has 2 N–H and O–H groups in total. The number of carbonyl (C=O) groups excluding carboxylic acids is 3. The highest BCUT2D eigenvalue weighted by molar-refractivity contribution is 6.26. The molecule has 2 amide bonds. The summed E-state index contributed by atoms with van der Waals surface area (Å²) in [5, 5.41) is 5.18. The molecule has 0 saturated carbocycles. The van der Waals surface area contributed by atoms with Gasteiger partial charge in [-0.05, 0) is 44.2 Å². The minimum absolute atomic E-state index is 0.514. The summed E-state index contributed by atoms with van der Waals surface area (Å²) in [6.45, 7) is 7.22. The van der Waals surface area contributed by atoms with Gasteiger partial charge in [0.2, 0.25) is 11.8 Å². The topological polar surface area (TPSA) is 75.3 Å².